The molecule has 30 heavy (non-hydrogen) atoms. The maximum absolute atomic E-state index is 13.3. The Morgan fingerprint density at radius 1 is 1.07 bits per heavy atom. The number of aryl methyl sites for hydroxylation is 2. The van der Waals surface area contributed by atoms with E-state index in [9.17, 15) is 9.59 Å². The van der Waals surface area contributed by atoms with Crippen molar-refractivity contribution in [2.75, 3.05) is 6.54 Å². The summed E-state index contributed by atoms with van der Waals surface area (Å²) in [5.74, 6) is -0.282. The van der Waals surface area contributed by atoms with E-state index in [-0.39, 0.29) is 24.8 Å². The zero-order chi connectivity index (χ0) is 22.3. The average molecular weight is 449 g/mol. The molecule has 2 aromatic rings. The summed E-state index contributed by atoms with van der Waals surface area (Å²) >= 11 is 12.4. The van der Waals surface area contributed by atoms with E-state index in [0.29, 0.717) is 16.6 Å². The Morgan fingerprint density at radius 2 is 1.80 bits per heavy atom. The second-order valence-electron chi connectivity index (χ2n) is 7.68. The molecule has 0 fully saturated rings. The number of hydrogen-bond donors (Lipinski definition) is 1. The van der Waals surface area contributed by atoms with Gasteiger partial charge in [0.05, 0.1) is 6.42 Å². The molecule has 0 saturated heterocycles. The Balaban J connectivity index is 2.27. The summed E-state index contributed by atoms with van der Waals surface area (Å²) in [5, 5.41) is 3.93. The van der Waals surface area contributed by atoms with Gasteiger partial charge in [-0.1, -0.05) is 66.4 Å². The van der Waals surface area contributed by atoms with Crippen LogP contribution in [-0.4, -0.2) is 29.3 Å². The van der Waals surface area contributed by atoms with E-state index in [4.69, 9.17) is 23.2 Å². The Morgan fingerprint density at radius 3 is 2.47 bits per heavy atom. The second-order valence-corrected chi connectivity index (χ2v) is 8.53. The van der Waals surface area contributed by atoms with Gasteiger partial charge in [0.1, 0.15) is 6.04 Å². The molecule has 0 unspecified atom stereocenters. The topological polar surface area (TPSA) is 49.4 Å². The van der Waals surface area contributed by atoms with Crippen molar-refractivity contribution in [3.63, 3.8) is 0 Å². The van der Waals surface area contributed by atoms with Crippen molar-refractivity contribution in [1.29, 1.82) is 0 Å². The SMILES string of the molecule is CCCCNC(=O)[C@@H](C)N(Cc1ccc(Cl)cc1Cl)C(=O)Cc1cc(C)ccc1C. The predicted molar refractivity (Wildman–Crippen MR) is 124 cm³/mol. The lowest BCUT2D eigenvalue weighted by atomic mass is 10.0. The van der Waals surface area contributed by atoms with Gasteiger partial charge in [0.15, 0.2) is 0 Å². The van der Waals surface area contributed by atoms with Gasteiger partial charge in [-0.2, -0.15) is 0 Å². The molecular formula is C24H30Cl2N2O2. The molecule has 0 radical (unpaired) electrons. The largest absolute Gasteiger partial charge is 0.354 e. The van der Waals surface area contributed by atoms with E-state index in [1.165, 1.54) is 0 Å². The Labute approximate surface area is 189 Å². The third-order valence-electron chi connectivity index (χ3n) is 5.20. The van der Waals surface area contributed by atoms with Gasteiger partial charge in [0, 0.05) is 23.1 Å². The monoisotopic (exact) mass is 448 g/mol. The summed E-state index contributed by atoms with van der Waals surface area (Å²) in [6, 6.07) is 10.6. The molecule has 2 aromatic carbocycles. The zero-order valence-electron chi connectivity index (χ0n) is 18.1. The summed E-state index contributed by atoms with van der Waals surface area (Å²) in [5.41, 5.74) is 3.87. The van der Waals surface area contributed by atoms with Gasteiger partial charge in [-0.05, 0) is 56.0 Å². The van der Waals surface area contributed by atoms with Gasteiger partial charge in [-0.3, -0.25) is 9.59 Å². The number of amides is 2. The first-order valence-electron chi connectivity index (χ1n) is 10.3. The number of nitrogens with one attached hydrogen (secondary N) is 1. The van der Waals surface area contributed by atoms with Gasteiger partial charge in [-0.25, -0.2) is 0 Å². The lowest BCUT2D eigenvalue weighted by molar-refractivity contribution is -0.140. The number of carbonyl (C=O) groups is 2. The molecular weight excluding hydrogens is 419 g/mol. The van der Waals surface area contributed by atoms with Crippen molar-refractivity contribution in [3.8, 4) is 0 Å². The molecule has 1 atom stereocenters. The van der Waals surface area contributed by atoms with Crippen molar-refractivity contribution in [2.24, 2.45) is 0 Å². The number of hydrogen-bond acceptors (Lipinski definition) is 2. The molecule has 0 heterocycles. The standard InChI is InChI=1S/C24H30Cl2N2O2/c1-5-6-11-27-24(30)18(4)28(15-19-9-10-21(25)14-22(19)26)23(29)13-20-12-16(2)7-8-17(20)3/h7-10,12,14,18H,5-6,11,13,15H2,1-4H3,(H,27,30)/t18-/m1/s1. The van der Waals surface area contributed by atoms with Crippen LogP contribution in [-0.2, 0) is 22.6 Å². The molecule has 162 valence electrons. The smallest absolute Gasteiger partial charge is 0.242 e. The Kier molecular flexibility index (Phi) is 9.19. The maximum atomic E-state index is 13.3. The van der Waals surface area contributed by atoms with Gasteiger partial charge in [0.2, 0.25) is 11.8 Å². The maximum Gasteiger partial charge on any atom is 0.242 e. The minimum Gasteiger partial charge on any atom is -0.354 e. The quantitative estimate of drug-likeness (QED) is 0.515. The van der Waals surface area contributed by atoms with Crippen LogP contribution in [0.5, 0.6) is 0 Å². The van der Waals surface area contributed by atoms with Crippen LogP contribution in [0, 0.1) is 13.8 Å². The third kappa shape index (κ3) is 6.75. The molecule has 2 rings (SSSR count). The third-order valence-corrected chi connectivity index (χ3v) is 5.79. The lowest BCUT2D eigenvalue weighted by Gasteiger charge is -2.29. The van der Waals surface area contributed by atoms with Crippen LogP contribution in [0.1, 0.15) is 48.9 Å². The molecule has 0 aliphatic carbocycles. The molecule has 0 bridgehead atoms. The first-order valence-corrected chi connectivity index (χ1v) is 11.1. The average Bonchev–Trinajstić information content (AvgIpc) is 2.69. The van der Waals surface area contributed by atoms with Gasteiger partial charge in [-0.15, -0.1) is 0 Å². The van der Waals surface area contributed by atoms with Crippen LogP contribution in [0.2, 0.25) is 10.0 Å². The normalized spacial score (nSPS) is 11.8. The first kappa shape index (κ1) is 24.2. The molecule has 0 saturated carbocycles. The van der Waals surface area contributed by atoms with E-state index in [2.05, 4.69) is 12.2 Å². The van der Waals surface area contributed by atoms with Gasteiger partial charge < -0.3 is 10.2 Å². The van der Waals surface area contributed by atoms with E-state index in [0.717, 1.165) is 35.1 Å². The fourth-order valence-corrected chi connectivity index (χ4v) is 3.68. The minimum atomic E-state index is -0.619. The van der Waals surface area contributed by atoms with Crippen LogP contribution in [0.15, 0.2) is 36.4 Å². The summed E-state index contributed by atoms with van der Waals surface area (Å²) < 4.78 is 0. The molecule has 1 N–H and O–H groups in total. The number of rotatable bonds is 9. The predicted octanol–water partition coefficient (Wildman–Crippen LogP) is 5.49. The van der Waals surface area contributed by atoms with Crippen molar-refractivity contribution in [3.05, 3.63) is 68.7 Å². The summed E-state index contributed by atoms with van der Waals surface area (Å²) in [6.07, 6.45) is 2.12. The second kappa shape index (κ2) is 11.4. The van der Waals surface area contributed by atoms with E-state index in [1.807, 2.05) is 32.0 Å². The number of unbranched alkanes of at least 4 members (excludes halogenated alkanes) is 1. The molecule has 0 aromatic heterocycles. The highest BCUT2D eigenvalue weighted by molar-refractivity contribution is 6.35. The number of carbonyl (C=O) groups excluding carboxylic acids is 2. The first-order chi connectivity index (χ1) is 14.2. The highest BCUT2D eigenvalue weighted by Crippen LogP contribution is 2.24. The van der Waals surface area contributed by atoms with Crippen molar-refractivity contribution >= 4 is 35.0 Å². The van der Waals surface area contributed by atoms with Crippen LogP contribution < -0.4 is 5.32 Å². The summed E-state index contributed by atoms with van der Waals surface area (Å²) in [6.45, 7) is 8.65. The van der Waals surface area contributed by atoms with E-state index < -0.39 is 6.04 Å². The Hall–Kier alpha value is -2.04. The molecule has 2 amide bonds. The molecule has 0 aliphatic rings. The number of benzene rings is 2. The minimum absolute atomic E-state index is 0.118. The number of nitrogens with zero attached hydrogens (tertiary/aromatic N) is 1. The van der Waals surface area contributed by atoms with Crippen molar-refractivity contribution in [1.82, 2.24) is 10.2 Å². The van der Waals surface area contributed by atoms with Crippen LogP contribution in [0.3, 0.4) is 0 Å². The van der Waals surface area contributed by atoms with Crippen LogP contribution in [0.4, 0.5) is 0 Å². The van der Waals surface area contributed by atoms with Gasteiger partial charge in [0.25, 0.3) is 0 Å². The summed E-state index contributed by atoms with van der Waals surface area (Å²) in [4.78, 5) is 27.6. The van der Waals surface area contributed by atoms with Crippen LogP contribution in [0.25, 0.3) is 0 Å². The van der Waals surface area contributed by atoms with Crippen LogP contribution >= 0.6 is 23.2 Å². The van der Waals surface area contributed by atoms with E-state index >= 15 is 0 Å². The molecule has 0 aliphatic heterocycles. The molecule has 0 spiro atoms. The van der Waals surface area contributed by atoms with E-state index in [1.54, 1.807) is 30.0 Å². The van der Waals surface area contributed by atoms with Gasteiger partial charge >= 0.3 is 0 Å². The Bertz CT molecular complexity index is 899. The molecule has 4 nitrogen and oxygen atoms in total. The lowest BCUT2D eigenvalue weighted by Crippen LogP contribution is -2.48. The fraction of sp³-hybridized carbons (Fsp3) is 0.417. The highest BCUT2D eigenvalue weighted by Gasteiger charge is 2.27. The number of halogens is 2. The molecule has 6 heteroatoms. The van der Waals surface area contributed by atoms with Crippen molar-refractivity contribution in [2.45, 2.75) is 59.5 Å². The fourth-order valence-electron chi connectivity index (χ4n) is 3.21. The summed E-state index contributed by atoms with van der Waals surface area (Å²) in [7, 11) is 0. The highest BCUT2D eigenvalue weighted by atomic mass is 35.5. The van der Waals surface area contributed by atoms with Crippen molar-refractivity contribution < 1.29 is 9.59 Å². The zero-order valence-corrected chi connectivity index (χ0v) is 19.6.